The van der Waals surface area contributed by atoms with Crippen LogP contribution in [0.4, 0.5) is 5.69 Å². The lowest BCUT2D eigenvalue weighted by Gasteiger charge is -2.19. The van der Waals surface area contributed by atoms with Crippen LogP contribution in [0.2, 0.25) is 0 Å². The summed E-state index contributed by atoms with van der Waals surface area (Å²) in [7, 11) is -0.772. The van der Waals surface area contributed by atoms with Gasteiger partial charge in [-0.05, 0) is 68.3 Å². The average Bonchev–Trinajstić information content (AvgIpc) is 2.80. The normalized spacial score (nSPS) is 12.0. The van der Waals surface area contributed by atoms with Gasteiger partial charge in [-0.25, -0.2) is 8.42 Å². The molecule has 0 saturated heterocycles. The van der Waals surface area contributed by atoms with Gasteiger partial charge < -0.3 is 14.8 Å². The number of rotatable bonds is 8. The maximum Gasteiger partial charge on any atom is 0.262 e. The van der Waals surface area contributed by atoms with Crippen LogP contribution in [-0.2, 0) is 10.0 Å². The summed E-state index contributed by atoms with van der Waals surface area (Å²) in [4.78, 5) is 13.0. The van der Waals surface area contributed by atoms with E-state index in [4.69, 9.17) is 9.47 Å². The van der Waals surface area contributed by atoms with E-state index in [1.807, 2.05) is 26.0 Å². The van der Waals surface area contributed by atoms with E-state index in [1.54, 1.807) is 63.6 Å². The number of nitrogens with one attached hydrogen (secondary N) is 2. The van der Waals surface area contributed by atoms with Gasteiger partial charge in [0.1, 0.15) is 11.5 Å². The van der Waals surface area contributed by atoms with Gasteiger partial charge in [0.15, 0.2) is 0 Å². The molecule has 0 radical (unpaired) electrons. The minimum Gasteiger partial charge on any atom is -0.497 e. The largest absolute Gasteiger partial charge is 0.497 e. The van der Waals surface area contributed by atoms with Crippen LogP contribution < -0.4 is 19.5 Å². The van der Waals surface area contributed by atoms with Crippen molar-refractivity contribution in [1.29, 1.82) is 0 Å². The first-order valence-electron chi connectivity index (χ1n) is 10.4. The fourth-order valence-electron chi connectivity index (χ4n) is 3.45. The molecule has 3 aromatic carbocycles. The Hall–Kier alpha value is -3.52. The van der Waals surface area contributed by atoms with E-state index in [-0.39, 0.29) is 10.5 Å². The number of para-hydroxylation sites is 1. The van der Waals surface area contributed by atoms with Crippen LogP contribution in [0.15, 0.2) is 65.6 Å². The maximum atomic E-state index is 13.1. The van der Waals surface area contributed by atoms with Gasteiger partial charge >= 0.3 is 0 Å². The van der Waals surface area contributed by atoms with Crippen LogP contribution in [-0.4, -0.2) is 28.5 Å². The van der Waals surface area contributed by atoms with Crippen molar-refractivity contribution in [1.82, 2.24) is 5.32 Å². The first kappa shape index (κ1) is 24.1. The van der Waals surface area contributed by atoms with Gasteiger partial charge in [-0.2, -0.15) is 0 Å². The quantitative estimate of drug-likeness (QED) is 0.503. The van der Waals surface area contributed by atoms with Crippen molar-refractivity contribution in [2.45, 2.75) is 31.7 Å². The summed E-state index contributed by atoms with van der Waals surface area (Å²) in [6.45, 7) is 5.33. The minimum atomic E-state index is -3.89. The van der Waals surface area contributed by atoms with Crippen LogP contribution in [0.5, 0.6) is 11.5 Å². The smallest absolute Gasteiger partial charge is 0.262 e. The zero-order valence-corrected chi connectivity index (χ0v) is 20.1. The van der Waals surface area contributed by atoms with Crippen LogP contribution in [0.1, 0.15) is 40.0 Å². The first-order valence-corrected chi connectivity index (χ1v) is 11.9. The monoisotopic (exact) mass is 468 g/mol. The van der Waals surface area contributed by atoms with Crippen LogP contribution in [0, 0.1) is 13.8 Å². The number of carbonyl (C=O) groups is 1. The molecule has 0 unspecified atom stereocenters. The predicted molar refractivity (Wildman–Crippen MR) is 129 cm³/mol. The van der Waals surface area contributed by atoms with Gasteiger partial charge in [0.05, 0.1) is 30.8 Å². The Balaban J connectivity index is 1.87. The lowest BCUT2D eigenvalue weighted by atomic mass is 10.1. The molecule has 0 aliphatic heterocycles. The van der Waals surface area contributed by atoms with Crippen LogP contribution >= 0.6 is 0 Å². The SMILES string of the molecule is COc1ccc(OC)c([C@@H](C)NC(=O)c2ccc(C)c(S(=O)(=O)Nc3ccccc3C)c2)c1. The summed E-state index contributed by atoms with van der Waals surface area (Å²) in [6, 6.07) is 16.7. The molecule has 8 heteroatoms. The van der Waals surface area contributed by atoms with Gasteiger partial charge in [0.25, 0.3) is 15.9 Å². The number of methoxy groups -OCH3 is 2. The number of carbonyl (C=O) groups excluding carboxylic acids is 1. The highest BCUT2D eigenvalue weighted by Crippen LogP contribution is 2.30. The number of amides is 1. The summed E-state index contributed by atoms with van der Waals surface area (Å²) in [6.07, 6.45) is 0. The molecule has 1 amide bonds. The summed E-state index contributed by atoms with van der Waals surface area (Å²) in [5.74, 6) is 0.843. The van der Waals surface area contributed by atoms with Crippen molar-refractivity contribution in [3.8, 4) is 11.5 Å². The van der Waals surface area contributed by atoms with Gasteiger partial charge in [-0.3, -0.25) is 9.52 Å². The van der Waals surface area contributed by atoms with Crippen LogP contribution in [0.3, 0.4) is 0 Å². The molecule has 0 aliphatic rings. The van der Waals surface area contributed by atoms with Gasteiger partial charge in [-0.15, -0.1) is 0 Å². The zero-order chi connectivity index (χ0) is 24.2. The molecule has 0 saturated carbocycles. The molecule has 2 N–H and O–H groups in total. The van der Waals surface area contributed by atoms with Crippen molar-refractivity contribution in [2.24, 2.45) is 0 Å². The summed E-state index contributed by atoms with van der Waals surface area (Å²) >= 11 is 0. The molecule has 33 heavy (non-hydrogen) atoms. The second kappa shape index (κ2) is 9.95. The molecule has 3 aromatic rings. The van der Waals surface area contributed by atoms with E-state index in [9.17, 15) is 13.2 Å². The highest BCUT2D eigenvalue weighted by Gasteiger charge is 2.21. The second-order valence-corrected chi connectivity index (χ2v) is 9.35. The molecular formula is C25H28N2O5S. The molecule has 0 heterocycles. The average molecular weight is 469 g/mol. The maximum absolute atomic E-state index is 13.1. The Kier molecular flexibility index (Phi) is 7.28. The van der Waals surface area contributed by atoms with E-state index in [0.717, 1.165) is 11.1 Å². The number of hydrogen-bond donors (Lipinski definition) is 2. The Labute approximate surface area is 194 Å². The lowest BCUT2D eigenvalue weighted by Crippen LogP contribution is -2.27. The molecule has 0 fully saturated rings. The molecule has 7 nitrogen and oxygen atoms in total. The number of sulfonamides is 1. The van der Waals surface area contributed by atoms with E-state index in [1.165, 1.54) is 6.07 Å². The molecule has 0 spiro atoms. The van der Waals surface area contributed by atoms with Crippen LogP contribution in [0.25, 0.3) is 0 Å². The van der Waals surface area contributed by atoms with Crippen molar-refractivity contribution in [3.63, 3.8) is 0 Å². The fraction of sp³-hybridized carbons (Fsp3) is 0.240. The van der Waals surface area contributed by atoms with Crippen molar-refractivity contribution in [3.05, 3.63) is 82.9 Å². The van der Waals surface area contributed by atoms with E-state index in [2.05, 4.69) is 10.0 Å². The molecule has 3 rings (SSSR count). The third-order valence-electron chi connectivity index (χ3n) is 5.38. The predicted octanol–water partition coefficient (Wildman–Crippen LogP) is 4.61. The topological polar surface area (TPSA) is 93.7 Å². The zero-order valence-electron chi connectivity index (χ0n) is 19.3. The number of hydrogen-bond acceptors (Lipinski definition) is 5. The molecule has 0 bridgehead atoms. The summed E-state index contributed by atoms with van der Waals surface area (Å²) in [5.41, 5.74) is 2.81. The number of ether oxygens (including phenoxy) is 2. The summed E-state index contributed by atoms with van der Waals surface area (Å²) < 4.78 is 39.4. The Bertz CT molecular complexity index is 1270. The standard InChI is InChI=1S/C25H28N2O5S/c1-16-8-6-7-9-22(16)27-33(29,30)24-14-19(11-10-17(24)2)25(28)26-18(3)21-15-20(31-4)12-13-23(21)32-5/h6-15,18,27H,1-5H3,(H,26,28)/t18-/m1/s1. The van der Waals surface area contributed by atoms with E-state index >= 15 is 0 Å². The molecule has 174 valence electrons. The van der Waals surface area contributed by atoms with Gasteiger partial charge in [0, 0.05) is 11.1 Å². The Morgan fingerprint density at radius 3 is 2.30 bits per heavy atom. The highest BCUT2D eigenvalue weighted by atomic mass is 32.2. The van der Waals surface area contributed by atoms with Gasteiger partial charge in [-0.1, -0.05) is 24.3 Å². The molecule has 1 atom stereocenters. The van der Waals surface area contributed by atoms with Crippen molar-refractivity contribution < 1.29 is 22.7 Å². The van der Waals surface area contributed by atoms with Crippen molar-refractivity contribution >= 4 is 21.6 Å². The number of aryl methyl sites for hydroxylation is 2. The molecule has 0 aliphatic carbocycles. The molecular weight excluding hydrogens is 440 g/mol. The van der Waals surface area contributed by atoms with E-state index in [0.29, 0.717) is 22.7 Å². The van der Waals surface area contributed by atoms with E-state index < -0.39 is 22.0 Å². The Morgan fingerprint density at radius 1 is 0.909 bits per heavy atom. The lowest BCUT2D eigenvalue weighted by molar-refractivity contribution is 0.0939. The third kappa shape index (κ3) is 5.46. The summed E-state index contributed by atoms with van der Waals surface area (Å²) in [5, 5.41) is 2.91. The second-order valence-electron chi connectivity index (χ2n) is 7.70. The highest BCUT2D eigenvalue weighted by molar-refractivity contribution is 7.92. The Morgan fingerprint density at radius 2 is 1.64 bits per heavy atom. The van der Waals surface area contributed by atoms with Gasteiger partial charge in [0.2, 0.25) is 0 Å². The first-order chi connectivity index (χ1) is 15.7. The number of benzene rings is 3. The van der Waals surface area contributed by atoms with Crippen molar-refractivity contribution in [2.75, 3.05) is 18.9 Å². The number of anilines is 1. The minimum absolute atomic E-state index is 0.0463. The molecule has 0 aromatic heterocycles. The third-order valence-corrected chi connectivity index (χ3v) is 6.89. The fourth-order valence-corrected chi connectivity index (χ4v) is 4.86.